The third kappa shape index (κ3) is 3.23. The highest BCUT2D eigenvalue weighted by atomic mass is 16.3. The van der Waals surface area contributed by atoms with Crippen LogP contribution in [0, 0.1) is 0 Å². The van der Waals surface area contributed by atoms with Crippen LogP contribution in [0.5, 0.6) is 0 Å². The molecule has 0 spiro atoms. The Morgan fingerprint density at radius 1 is 0.955 bits per heavy atom. The van der Waals surface area contributed by atoms with Gasteiger partial charge in [-0.3, -0.25) is 4.90 Å². The summed E-state index contributed by atoms with van der Waals surface area (Å²) in [5.41, 5.74) is 3.99. The molecular formula is C20H25NO. The molecule has 1 aliphatic rings. The number of hydrogen-bond donors (Lipinski definition) is 1. The Morgan fingerprint density at radius 3 is 2.27 bits per heavy atom. The van der Waals surface area contributed by atoms with Gasteiger partial charge in [-0.25, -0.2) is 0 Å². The second-order valence-corrected chi connectivity index (χ2v) is 6.64. The minimum atomic E-state index is 0.138. The Bertz CT molecular complexity index is 600. The highest BCUT2D eigenvalue weighted by molar-refractivity contribution is 5.34. The summed E-state index contributed by atoms with van der Waals surface area (Å²) in [7, 11) is 0. The fraction of sp³-hybridized carbons (Fsp3) is 0.400. The SMILES string of the molecule is CC1(c2ccccc2CO)CCN(Cc2ccccc2)CC1. The van der Waals surface area contributed by atoms with Crippen LogP contribution in [0.4, 0.5) is 0 Å². The van der Waals surface area contributed by atoms with E-state index < -0.39 is 0 Å². The van der Waals surface area contributed by atoms with E-state index in [2.05, 4.69) is 60.4 Å². The minimum absolute atomic E-state index is 0.138. The first-order valence-electron chi connectivity index (χ1n) is 8.17. The second-order valence-electron chi connectivity index (χ2n) is 6.64. The monoisotopic (exact) mass is 295 g/mol. The molecule has 116 valence electrons. The van der Waals surface area contributed by atoms with Crippen LogP contribution in [0.3, 0.4) is 0 Å². The van der Waals surface area contributed by atoms with E-state index in [1.54, 1.807) is 0 Å². The molecule has 2 nitrogen and oxygen atoms in total. The fourth-order valence-electron chi connectivity index (χ4n) is 3.56. The molecule has 0 saturated carbocycles. The maximum absolute atomic E-state index is 9.60. The Balaban J connectivity index is 1.68. The van der Waals surface area contributed by atoms with Crippen molar-refractivity contribution in [3.63, 3.8) is 0 Å². The van der Waals surface area contributed by atoms with Crippen molar-refractivity contribution in [3.8, 4) is 0 Å². The van der Waals surface area contributed by atoms with E-state index in [1.165, 1.54) is 11.1 Å². The summed E-state index contributed by atoms with van der Waals surface area (Å²) in [4.78, 5) is 2.54. The van der Waals surface area contributed by atoms with Gasteiger partial charge in [-0.05, 0) is 48.0 Å². The third-order valence-corrected chi connectivity index (χ3v) is 5.05. The molecule has 1 heterocycles. The van der Waals surface area contributed by atoms with Crippen LogP contribution >= 0.6 is 0 Å². The lowest BCUT2D eigenvalue weighted by molar-refractivity contribution is 0.160. The minimum Gasteiger partial charge on any atom is -0.392 e. The molecule has 22 heavy (non-hydrogen) atoms. The number of hydrogen-bond acceptors (Lipinski definition) is 2. The maximum Gasteiger partial charge on any atom is 0.0684 e. The van der Waals surface area contributed by atoms with Crippen molar-refractivity contribution in [1.29, 1.82) is 0 Å². The first kappa shape index (κ1) is 15.3. The van der Waals surface area contributed by atoms with Crippen molar-refractivity contribution in [1.82, 2.24) is 4.90 Å². The molecular weight excluding hydrogens is 270 g/mol. The molecule has 1 N–H and O–H groups in total. The lowest BCUT2D eigenvalue weighted by Crippen LogP contribution is -2.41. The Morgan fingerprint density at radius 2 is 1.59 bits per heavy atom. The number of aliphatic hydroxyl groups is 1. The first-order valence-corrected chi connectivity index (χ1v) is 8.17. The molecule has 1 aliphatic heterocycles. The molecule has 0 radical (unpaired) electrons. The highest BCUT2D eigenvalue weighted by Crippen LogP contribution is 2.37. The molecule has 0 amide bonds. The zero-order valence-electron chi connectivity index (χ0n) is 13.3. The number of piperidine rings is 1. The molecule has 0 bridgehead atoms. The van der Waals surface area contributed by atoms with Crippen molar-refractivity contribution in [2.45, 2.75) is 38.3 Å². The number of nitrogens with zero attached hydrogens (tertiary/aromatic N) is 1. The van der Waals surface area contributed by atoms with Crippen LogP contribution in [0.25, 0.3) is 0 Å². The van der Waals surface area contributed by atoms with Crippen LogP contribution in [0.15, 0.2) is 54.6 Å². The average molecular weight is 295 g/mol. The van der Waals surface area contributed by atoms with Gasteiger partial charge in [0.05, 0.1) is 6.61 Å². The van der Waals surface area contributed by atoms with Crippen LogP contribution in [0.2, 0.25) is 0 Å². The van der Waals surface area contributed by atoms with Crippen LogP contribution < -0.4 is 0 Å². The van der Waals surface area contributed by atoms with Crippen LogP contribution in [0.1, 0.15) is 36.5 Å². The maximum atomic E-state index is 9.60. The second kappa shape index (κ2) is 6.64. The van der Waals surface area contributed by atoms with Gasteiger partial charge in [0.15, 0.2) is 0 Å². The summed E-state index contributed by atoms with van der Waals surface area (Å²) < 4.78 is 0. The molecule has 2 aromatic rings. The van der Waals surface area contributed by atoms with Gasteiger partial charge < -0.3 is 5.11 Å². The van der Waals surface area contributed by atoms with Crippen LogP contribution in [-0.2, 0) is 18.6 Å². The van der Waals surface area contributed by atoms with Crippen molar-refractivity contribution in [3.05, 3.63) is 71.3 Å². The number of likely N-dealkylation sites (tertiary alicyclic amines) is 1. The Hall–Kier alpha value is -1.64. The molecule has 2 heteroatoms. The van der Waals surface area contributed by atoms with E-state index in [4.69, 9.17) is 0 Å². The largest absolute Gasteiger partial charge is 0.392 e. The zero-order valence-corrected chi connectivity index (χ0v) is 13.3. The summed E-state index contributed by atoms with van der Waals surface area (Å²) in [6.45, 7) is 5.76. The van der Waals surface area contributed by atoms with Gasteiger partial charge in [0.1, 0.15) is 0 Å². The van der Waals surface area contributed by atoms with Gasteiger partial charge in [0.2, 0.25) is 0 Å². The van der Waals surface area contributed by atoms with Gasteiger partial charge in [0.25, 0.3) is 0 Å². The molecule has 0 unspecified atom stereocenters. The smallest absolute Gasteiger partial charge is 0.0684 e. The molecule has 1 saturated heterocycles. The van der Waals surface area contributed by atoms with Crippen molar-refractivity contribution in [2.24, 2.45) is 0 Å². The summed E-state index contributed by atoms with van der Waals surface area (Å²) in [6.07, 6.45) is 2.30. The lowest BCUT2D eigenvalue weighted by Gasteiger charge is -2.40. The number of rotatable bonds is 4. The van der Waals surface area contributed by atoms with Gasteiger partial charge >= 0.3 is 0 Å². The lowest BCUT2D eigenvalue weighted by atomic mass is 9.73. The number of aliphatic hydroxyl groups excluding tert-OH is 1. The standard InChI is InChI=1S/C20H25NO/c1-20(19-10-6-5-9-18(19)16-22)11-13-21(14-12-20)15-17-7-3-2-4-8-17/h2-10,22H,11-16H2,1H3. The zero-order chi connectivity index (χ0) is 15.4. The fourth-order valence-corrected chi connectivity index (χ4v) is 3.56. The van der Waals surface area contributed by atoms with Crippen molar-refractivity contribution < 1.29 is 5.11 Å². The quantitative estimate of drug-likeness (QED) is 0.929. The summed E-state index contributed by atoms with van der Waals surface area (Å²) in [5.74, 6) is 0. The molecule has 0 aliphatic carbocycles. The predicted octanol–water partition coefficient (Wildman–Crippen LogP) is 3.73. The van der Waals surface area contributed by atoms with Gasteiger partial charge in [-0.2, -0.15) is 0 Å². The normalized spacial score (nSPS) is 18.3. The highest BCUT2D eigenvalue weighted by Gasteiger charge is 2.32. The van der Waals surface area contributed by atoms with Crippen LogP contribution in [-0.4, -0.2) is 23.1 Å². The molecule has 1 fully saturated rings. The van der Waals surface area contributed by atoms with E-state index in [0.717, 1.165) is 38.0 Å². The molecule has 3 rings (SSSR count). The topological polar surface area (TPSA) is 23.5 Å². The Kier molecular flexibility index (Phi) is 4.60. The van der Waals surface area contributed by atoms with Crippen molar-refractivity contribution >= 4 is 0 Å². The van der Waals surface area contributed by atoms with Gasteiger partial charge in [-0.1, -0.05) is 61.5 Å². The summed E-state index contributed by atoms with van der Waals surface area (Å²) in [5, 5.41) is 9.60. The molecule has 2 aromatic carbocycles. The van der Waals surface area contributed by atoms with Gasteiger partial charge in [0, 0.05) is 6.54 Å². The average Bonchev–Trinajstić information content (AvgIpc) is 2.58. The summed E-state index contributed by atoms with van der Waals surface area (Å²) in [6, 6.07) is 19.1. The Labute approximate surface area is 133 Å². The predicted molar refractivity (Wildman–Crippen MR) is 90.7 cm³/mol. The molecule has 0 atom stereocenters. The summed E-state index contributed by atoms with van der Waals surface area (Å²) >= 11 is 0. The van der Waals surface area contributed by atoms with E-state index in [-0.39, 0.29) is 12.0 Å². The van der Waals surface area contributed by atoms with E-state index in [0.29, 0.717) is 0 Å². The first-order chi connectivity index (χ1) is 10.7. The van der Waals surface area contributed by atoms with E-state index in [9.17, 15) is 5.11 Å². The van der Waals surface area contributed by atoms with Gasteiger partial charge in [-0.15, -0.1) is 0 Å². The van der Waals surface area contributed by atoms with E-state index >= 15 is 0 Å². The van der Waals surface area contributed by atoms with E-state index in [1.807, 2.05) is 6.07 Å². The number of benzene rings is 2. The molecule has 0 aromatic heterocycles. The third-order valence-electron chi connectivity index (χ3n) is 5.05. The van der Waals surface area contributed by atoms with Crippen molar-refractivity contribution in [2.75, 3.05) is 13.1 Å².